The molecule has 0 saturated carbocycles. The molecule has 4 N–H and O–H groups in total. The van der Waals surface area contributed by atoms with Gasteiger partial charge in [-0.15, -0.1) is 0 Å². The third-order valence-corrected chi connectivity index (χ3v) is 7.78. The van der Waals surface area contributed by atoms with Crippen molar-refractivity contribution < 1.29 is 24.3 Å². The summed E-state index contributed by atoms with van der Waals surface area (Å²) < 4.78 is 0. The van der Waals surface area contributed by atoms with E-state index in [0.717, 1.165) is 23.7 Å². The molecule has 2 aromatic carbocycles. The number of urea groups is 1. The number of likely N-dealkylation sites (tertiary alicyclic amines) is 1. The van der Waals surface area contributed by atoms with E-state index in [1.165, 1.54) is 0 Å². The summed E-state index contributed by atoms with van der Waals surface area (Å²) in [4.78, 5) is 53.6. The minimum atomic E-state index is -1.38. The van der Waals surface area contributed by atoms with Gasteiger partial charge in [-0.05, 0) is 48.6 Å². The highest BCUT2D eigenvalue weighted by molar-refractivity contribution is 6.40. The Morgan fingerprint density at radius 2 is 1.85 bits per heavy atom. The van der Waals surface area contributed by atoms with Crippen LogP contribution in [0.25, 0.3) is 10.9 Å². The number of carboxylic acids is 1. The summed E-state index contributed by atoms with van der Waals surface area (Å²) in [6.07, 6.45) is 3.86. The second kappa shape index (κ2) is 11.1. The lowest BCUT2D eigenvalue weighted by Gasteiger charge is -2.30. The number of carboxylic acid groups (broad SMARTS) is 1. The minimum absolute atomic E-state index is 0.0367. The smallest absolute Gasteiger partial charge is 0.328 e. The van der Waals surface area contributed by atoms with Gasteiger partial charge >= 0.3 is 12.0 Å². The molecular weight excluding hydrogens is 547 g/mol. The van der Waals surface area contributed by atoms with Gasteiger partial charge in [-0.25, -0.2) is 9.59 Å². The summed E-state index contributed by atoms with van der Waals surface area (Å²) >= 11 is 13.1. The van der Waals surface area contributed by atoms with E-state index in [1.807, 2.05) is 6.07 Å². The maximum atomic E-state index is 13.2. The average Bonchev–Trinajstić information content (AvgIpc) is 3.62. The Bertz CT molecular complexity index is 1470. The number of amides is 4. The summed E-state index contributed by atoms with van der Waals surface area (Å²) in [5.41, 5.74) is 2.61. The van der Waals surface area contributed by atoms with Gasteiger partial charge in [-0.1, -0.05) is 29.3 Å². The zero-order valence-corrected chi connectivity index (χ0v) is 22.3. The van der Waals surface area contributed by atoms with Gasteiger partial charge in [0.15, 0.2) is 0 Å². The van der Waals surface area contributed by atoms with Crippen LogP contribution in [0.3, 0.4) is 0 Å². The van der Waals surface area contributed by atoms with E-state index in [-0.39, 0.29) is 40.6 Å². The number of benzene rings is 2. The molecule has 13 heteroatoms. The maximum absolute atomic E-state index is 13.2. The number of halogens is 2. The second-order valence-corrected chi connectivity index (χ2v) is 10.4. The largest absolute Gasteiger partial charge is 0.480 e. The Morgan fingerprint density at radius 1 is 1.08 bits per heavy atom. The zero-order chi connectivity index (χ0) is 27.7. The molecule has 204 valence electrons. The number of rotatable bonds is 6. The highest BCUT2D eigenvalue weighted by Gasteiger charge is 2.30. The summed E-state index contributed by atoms with van der Waals surface area (Å²) in [5.74, 6) is -2.23. The Balaban J connectivity index is 1.29. The van der Waals surface area contributed by atoms with Crippen LogP contribution in [0.4, 0.5) is 4.79 Å². The van der Waals surface area contributed by atoms with Gasteiger partial charge in [-0.3, -0.25) is 14.7 Å². The molecule has 1 aromatic heterocycles. The molecule has 0 radical (unpaired) electrons. The fourth-order valence-corrected chi connectivity index (χ4v) is 5.70. The molecule has 0 spiro atoms. The quantitative estimate of drug-likeness (QED) is 0.357. The van der Waals surface area contributed by atoms with Crippen LogP contribution in [-0.4, -0.2) is 81.1 Å². The number of aliphatic carboxylic acids is 1. The predicted octanol–water partition coefficient (Wildman–Crippen LogP) is 3.06. The predicted molar refractivity (Wildman–Crippen MR) is 144 cm³/mol. The zero-order valence-electron chi connectivity index (χ0n) is 20.8. The van der Waals surface area contributed by atoms with Crippen molar-refractivity contribution in [3.63, 3.8) is 0 Å². The van der Waals surface area contributed by atoms with E-state index < -0.39 is 17.9 Å². The lowest BCUT2D eigenvalue weighted by atomic mass is 9.96. The van der Waals surface area contributed by atoms with Gasteiger partial charge in [0.1, 0.15) is 6.04 Å². The number of carbonyl (C=O) groups is 4. The van der Waals surface area contributed by atoms with Crippen molar-refractivity contribution >= 4 is 57.9 Å². The highest BCUT2D eigenvalue weighted by atomic mass is 35.5. The maximum Gasteiger partial charge on any atom is 0.328 e. The van der Waals surface area contributed by atoms with Crippen LogP contribution in [0.15, 0.2) is 30.5 Å². The number of aromatic amines is 1. The molecule has 3 aromatic rings. The first-order valence-electron chi connectivity index (χ1n) is 12.5. The van der Waals surface area contributed by atoms with Gasteiger partial charge in [-0.2, -0.15) is 5.10 Å². The van der Waals surface area contributed by atoms with Crippen molar-refractivity contribution in [2.75, 3.05) is 26.2 Å². The molecule has 1 fully saturated rings. The van der Waals surface area contributed by atoms with Crippen molar-refractivity contribution in [3.05, 3.63) is 62.8 Å². The molecule has 2 aliphatic heterocycles. The SMILES string of the molecule is O=C(N[C@@H](CNC(=O)N1CCCC1)C(=O)O)c1c(Cl)cc2c(c1Cl)CCN(C(=O)c1ccc3cn[nH]c3c1)C2. The molecule has 5 rings (SSSR count). The van der Waals surface area contributed by atoms with Crippen molar-refractivity contribution in [1.29, 1.82) is 0 Å². The van der Waals surface area contributed by atoms with Gasteiger partial charge in [0.2, 0.25) is 0 Å². The van der Waals surface area contributed by atoms with E-state index in [0.29, 0.717) is 42.7 Å². The molecule has 39 heavy (non-hydrogen) atoms. The number of nitrogens with one attached hydrogen (secondary N) is 3. The first kappa shape index (κ1) is 26.8. The topological polar surface area (TPSA) is 148 Å². The number of carbonyl (C=O) groups excluding carboxylic acids is 3. The molecule has 1 saturated heterocycles. The Hall–Kier alpha value is -3.83. The first-order chi connectivity index (χ1) is 18.7. The highest BCUT2D eigenvalue weighted by Crippen LogP contribution is 2.35. The molecule has 3 heterocycles. The summed E-state index contributed by atoms with van der Waals surface area (Å²) in [6, 6.07) is 5.15. The Labute approximate surface area is 233 Å². The van der Waals surface area contributed by atoms with E-state index >= 15 is 0 Å². The van der Waals surface area contributed by atoms with Crippen molar-refractivity contribution in [1.82, 2.24) is 30.6 Å². The normalized spacial score (nSPS) is 15.6. The number of aromatic nitrogens is 2. The summed E-state index contributed by atoms with van der Waals surface area (Å²) in [7, 11) is 0. The van der Waals surface area contributed by atoms with Crippen LogP contribution in [0.1, 0.15) is 44.7 Å². The monoisotopic (exact) mass is 572 g/mol. The van der Waals surface area contributed by atoms with Gasteiger partial charge in [0.05, 0.1) is 33.9 Å². The molecule has 1 atom stereocenters. The lowest BCUT2D eigenvalue weighted by molar-refractivity contribution is -0.139. The van der Waals surface area contributed by atoms with Crippen LogP contribution in [0, 0.1) is 0 Å². The number of H-pyrrole nitrogens is 1. The fraction of sp³-hybridized carbons (Fsp3) is 0.346. The Kier molecular flexibility index (Phi) is 7.62. The van der Waals surface area contributed by atoms with Crippen molar-refractivity contribution in [2.45, 2.75) is 31.8 Å². The third-order valence-electron chi connectivity index (χ3n) is 7.06. The standard InChI is InChI=1S/C26H26Cl2N6O5/c27-18-9-16-13-34(24(36)14-3-4-15-11-30-32-19(15)10-14)8-5-17(16)22(28)21(18)23(35)31-20(25(37)38)12-29-26(39)33-6-1-2-7-33/h3-4,9-11,20H,1-2,5-8,12-13H2,(H,29,39)(H,30,32)(H,31,35)(H,37,38)/t20-/m0/s1. The van der Waals surface area contributed by atoms with Crippen LogP contribution >= 0.6 is 23.2 Å². The number of fused-ring (bicyclic) bond motifs is 2. The van der Waals surface area contributed by atoms with E-state index in [4.69, 9.17) is 23.2 Å². The van der Waals surface area contributed by atoms with Crippen LogP contribution in [-0.2, 0) is 17.8 Å². The van der Waals surface area contributed by atoms with Crippen molar-refractivity contribution in [3.8, 4) is 0 Å². The lowest BCUT2D eigenvalue weighted by Crippen LogP contribution is -2.50. The third kappa shape index (κ3) is 5.50. The van der Waals surface area contributed by atoms with E-state index in [2.05, 4.69) is 20.8 Å². The Morgan fingerprint density at radius 3 is 2.59 bits per heavy atom. The number of hydrogen-bond acceptors (Lipinski definition) is 5. The molecular formula is C26H26Cl2N6O5. The van der Waals surface area contributed by atoms with E-state index in [1.54, 1.807) is 34.2 Å². The van der Waals surface area contributed by atoms with Crippen LogP contribution < -0.4 is 10.6 Å². The van der Waals surface area contributed by atoms with Gasteiger partial charge < -0.3 is 25.5 Å². The minimum Gasteiger partial charge on any atom is -0.480 e. The number of hydrogen-bond donors (Lipinski definition) is 4. The van der Waals surface area contributed by atoms with E-state index in [9.17, 15) is 24.3 Å². The molecule has 0 aliphatic carbocycles. The molecule has 2 aliphatic rings. The molecule has 0 unspecified atom stereocenters. The summed E-state index contributed by atoms with van der Waals surface area (Å²) in [6.45, 7) is 1.54. The average molecular weight is 573 g/mol. The fourth-order valence-electron chi connectivity index (χ4n) is 4.94. The van der Waals surface area contributed by atoms with Gasteiger partial charge in [0.25, 0.3) is 11.8 Å². The second-order valence-electron chi connectivity index (χ2n) is 9.58. The van der Waals surface area contributed by atoms with Crippen LogP contribution in [0.5, 0.6) is 0 Å². The van der Waals surface area contributed by atoms with Crippen molar-refractivity contribution in [2.24, 2.45) is 0 Å². The number of nitrogens with zero attached hydrogens (tertiary/aromatic N) is 3. The molecule has 11 nitrogen and oxygen atoms in total. The molecule has 0 bridgehead atoms. The van der Waals surface area contributed by atoms with Crippen LogP contribution in [0.2, 0.25) is 10.0 Å². The summed E-state index contributed by atoms with van der Waals surface area (Å²) in [5, 5.41) is 22.5. The first-order valence-corrected chi connectivity index (χ1v) is 13.3. The van der Waals surface area contributed by atoms with Gasteiger partial charge in [0, 0.05) is 37.1 Å². The molecule has 4 amide bonds.